The number of aromatic nitrogens is 3. The highest BCUT2D eigenvalue weighted by Gasteiger charge is 2.16. The molecule has 2 aromatic rings. The Balaban J connectivity index is 1.91. The second kappa shape index (κ2) is 5.40. The lowest BCUT2D eigenvalue weighted by molar-refractivity contribution is 0.317. The molecule has 2 heterocycles. The summed E-state index contributed by atoms with van der Waals surface area (Å²) in [4.78, 5) is 0. The molecule has 0 saturated carbocycles. The van der Waals surface area contributed by atoms with Gasteiger partial charge in [0, 0.05) is 18.7 Å². The van der Waals surface area contributed by atoms with Gasteiger partial charge in [-0.25, -0.2) is 0 Å². The van der Waals surface area contributed by atoms with Crippen molar-refractivity contribution in [2.75, 3.05) is 13.2 Å². The van der Waals surface area contributed by atoms with Crippen molar-refractivity contribution < 1.29 is 4.74 Å². The van der Waals surface area contributed by atoms with Crippen LogP contribution in [-0.4, -0.2) is 27.9 Å². The highest BCUT2D eigenvalue weighted by Crippen LogP contribution is 2.24. The molecule has 5 nitrogen and oxygen atoms in total. The first-order chi connectivity index (χ1) is 9.38. The summed E-state index contributed by atoms with van der Waals surface area (Å²) in [7, 11) is 0. The van der Waals surface area contributed by atoms with E-state index in [4.69, 9.17) is 4.74 Å². The van der Waals surface area contributed by atoms with Crippen molar-refractivity contribution in [2.24, 2.45) is 0 Å². The minimum absolute atomic E-state index is 0.741. The van der Waals surface area contributed by atoms with Gasteiger partial charge >= 0.3 is 0 Å². The molecule has 1 aliphatic rings. The van der Waals surface area contributed by atoms with Crippen LogP contribution in [0.3, 0.4) is 0 Å². The summed E-state index contributed by atoms with van der Waals surface area (Å²) < 4.78 is 7.84. The Labute approximate surface area is 112 Å². The first-order valence-corrected chi connectivity index (χ1v) is 6.74. The van der Waals surface area contributed by atoms with Crippen LogP contribution in [0.1, 0.15) is 19.2 Å². The summed E-state index contributed by atoms with van der Waals surface area (Å²) in [5.74, 6) is 2.82. The largest absolute Gasteiger partial charge is 0.494 e. The number of nitrogens with one attached hydrogen (secondary N) is 1. The molecular weight excluding hydrogens is 240 g/mol. The van der Waals surface area contributed by atoms with E-state index in [0.717, 1.165) is 55.6 Å². The number of nitrogens with zero attached hydrogens (tertiary/aromatic N) is 3. The van der Waals surface area contributed by atoms with Gasteiger partial charge in [-0.1, -0.05) is 19.1 Å². The monoisotopic (exact) mass is 258 g/mol. The Morgan fingerprint density at radius 1 is 1.37 bits per heavy atom. The van der Waals surface area contributed by atoms with Gasteiger partial charge in [0.1, 0.15) is 11.6 Å². The predicted molar refractivity (Wildman–Crippen MR) is 73.0 cm³/mol. The number of hydrogen-bond donors (Lipinski definition) is 1. The van der Waals surface area contributed by atoms with Crippen LogP contribution in [0.5, 0.6) is 5.75 Å². The topological polar surface area (TPSA) is 52.0 Å². The molecule has 0 amide bonds. The normalized spacial score (nSPS) is 14.2. The predicted octanol–water partition coefficient (Wildman–Crippen LogP) is 1.84. The third kappa shape index (κ3) is 2.46. The highest BCUT2D eigenvalue weighted by atomic mass is 16.5. The molecule has 0 radical (unpaired) electrons. The first-order valence-electron chi connectivity index (χ1n) is 6.74. The highest BCUT2D eigenvalue weighted by molar-refractivity contribution is 5.58. The lowest BCUT2D eigenvalue weighted by Gasteiger charge is -2.16. The Morgan fingerprint density at radius 2 is 2.32 bits per heavy atom. The van der Waals surface area contributed by atoms with E-state index in [1.54, 1.807) is 0 Å². The maximum absolute atomic E-state index is 5.67. The average Bonchev–Trinajstić information content (AvgIpc) is 2.89. The van der Waals surface area contributed by atoms with Crippen molar-refractivity contribution in [2.45, 2.75) is 26.4 Å². The van der Waals surface area contributed by atoms with Gasteiger partial charge < -0.3 is 14.6 Å². The quantitative estimate of drug-likeness (QED) is 0.909. The van der Waals surface area contributed by atoms with Crippen LogP contribution in [0, 0.1) is 0 Å². The summed E-state index contributed by atoms with van der Waals surface area (Å²) in [6, 6.07) is 8.07. The number of fused-ring (bicyclic) bond motifs is 1. The van der Waals surface area contributed by atoms with Crippen molar-refractivity contribution in [1.82, 2.24) is 20.1 Å². The zero-order valence-electron chi connectivity index (χ0n) is 11.1. The van der Waals surface area contributed by atoms with E-state index in [1.807, 2.05) is 18.2 Å². The fourth-order valence-electron chi connectivity index (χ4n) is 2.25. The number of benzene rings is 1. The summed E-state index contributed by atoms with van der Waals surface area (Å²) in [5.41, 5.74) is 1.06. The summed E-state index contributed by atoms with van der Waals surface area (Å²) in [6.45, 7) is 5.51. The minimum atomic E-state index is 0.741. The van der Waals surface area contributed by atoms with E-state index in [9.17, 15) is 0 Å². The molecular formula is C14H18N4O. The average molecular weight is 258 g/mol. The molecule has 0 spiro atoms. The molecule has 100 valence electrons. The Morgan fingerprint density at radius 3 is 3.21 bits per heavy atom. The molecule has 0 atom stereocenters. The molecule has 1 aromatic heterocycles. The third-order valence-corrected chi connectivity index (χ3v) is 3.19. The van der Waals surface area contributed by atoms with E-state index >= 15 is 0 Å². The number of hydrogen-bond acceptors (Lipinski definition) is 4. The molecule has 0 unspecified atom stereocenters. The van der Waals surface area contributed by atoms with Crippen molar-refractivity contribution in [3.63, 3.8) is 0 Å². The molecule has 5 heteroatoms. The molecule has 1 aliphatic heterocycles. The van der Waals surface area contributed by atoms with Crippen LogP contribution < -0.4 is 10.1 Å². The number of ether oxygens (including phenoxy) is 1. The van der Waals surface area contributed by atoms with Crippen molar-refractivity contribution >= 4 is 0 Å². The van der Waals surface area contributed by atoms with E-state index in [2.05, 4.69) is 33.1 Å². The third-order valence-electron chi connectivity index (χ3n) is 3.19. The van der Waals surface area contributed by atoms with Gasteiger partial charge in [-0.2, -0.15) is 0 Å². The van der Waals surface area contributed by atoms with Gasteiger partial charge in [0.2, 0.25) is 0 Å². The van der Waals surface area contributed by atoms with Gasteiger partial charge in [0.05, 0.1) is 13.2 Å². The van der Waals surface area contributed by atoms with Crippen molar-refractivity contribution in [1.29, 1.82) is 0 Å². The van der Waals surface area contributed by atoms with E-state index in [1.165, 1.54) is 0 Å². The molecule has 19 heavy (non-hydrogen) atoms. The summed E-state index contributed by atoms with van der Waals surface area (Å²) in [5, 5.41) is 11.8. The zero-order valence-corrected chi connectivity index (χ0v) is 11.1. The molecule has 0 fully saturated rings. The molecule has 3 rings (SSSR count). The van der Waals surface area contributed by atoms with Crippen LogP contribution in [-0.2, 0) is 13.1 Å². The maximum atomic E-state index is 5.67. The zero-order chi connectivity index (χ0) is 13.1. The fourth-order valence-corrected chi connectivity index (χ4v) is 2.25. The Kier molecular flexibility index (Phi) is 3.46. The Bertz CT molecular complexity index is 564. The summed E-state index contributed by atoms with van der Waals surface area (Å²) >= 11 is 0. The molecule has 0 bridgehead atoms. The van der Waals surface area contributed by atoms with E-state index in [-0.39, 0.29) is 0 Å². The van der Waals surface area contributed by atoms with Gasteiger partial charge in [-0.3, -0.25) is 0 Å². The smallest absolute Gasteiger partial charge is 0.164 e. The summed E-state index contributed by atoms with van der Waals surface area (Å²) in [6.07, 6.45) is 1.01. The minimum Gasteiger partial charge on any atom is -0.494 e. The molecule has 1 N–H and O–H groups in total. The number of rotatable bonds is 4. The van der Waals surface area contributed by atoms with Crippen LogP contribution in [0.25, 0.3) is 11.4 Å². The van der Waals surface area contributed by atoms with E-state index in [0.29, 0.717) is 0 Å². The first kappa shape index (κ1) is 12.2. The van der Waals surface area contributed by atoms with Gasteiger partial charge in [0.15, 0.2) is 5.82 Å². The second-order valence-electron chi connectivity index (χ2n) is 4.64. The molecule has 0 saturated heterocycles. The van der Waals surface area contributed by atoms with Gasteiger partial charge in [0.25, 0.3) is 0 Å². The second-order valence-corrected chi connectivity index (χ2v) is 4.64. The maximum Gasteiger partial charge on any atom is 0.164 e. The van der Waals surface area contributed by atoms with Crippen molar-refractivity contribution in [3.05, 3.63) is 30.1 Å². The lowest BCUT2D eigenvalue weighted by Crippen LogP contribution is -2.28. The van der Waals surface area contributed by atoms with Crippen LogP contribution in [0.15, 0.2) is 24.3 Å². The van der Waals surface area contributed by atoms with E-state index < -0.39 is 0 Å². The molecule has 1 aromatic carbocycles. The van der Waals surface area contributed by atoms with Crippen LogP contribution >= 0.6 is 0 Å². The van der Waals surface area contributed by atoms with Gasteiger partial charge in [-0.05, 0) is 18.6 Å². The van der Waals surface area contributed by atoms with Crippen LogP contribution in [0.2, 0.25) is 0 Å². The van der Waals surface area contributed by atoms with Gasteiger partial charge in [-0.15, -0.1) is 10.2 Å². The Hall–Kier alpha value is -1.88. The SMILES string of the molecule is CCCOc1cccc(-c2nnc3n2CCNC3)c1. The molecule has 0 aliphatic carbocycles. The van der Waals surface area contributed by atoms with Crippen molar-refractivity contribution in [3.8, 4) is 17.1 Å². The van der Waals surface area contributed by atoms with Crippen LogP contribution in [0.4, 0.5) is 0 Å². The lowest BCUT2D eigenvalue weighted by atomic mass is 10.2. The fraction of sp³-hybridized carbons (Fsp3) is 0.429. The standard InChI is InChI=1S/C14H18N4O/c1-2-8-19-12-5-3-4-11(9-12)14-17-16-13-10-15-6-7-18(13)14/h3-5,9,15H,2,6-8,10H2,1H3.